The predicted molar refractivity (Wildman–Crippen MR) is 78.4 cm³/mol. The van der Waals surface area contributed by atoms with Gasteiger partial charge in [0.05, 0.1) is 12.3 Å². The summed E-state index contributed by atoms with van der Waals surface area (Å²) in [6, 6.07) is 0.563. The van der Waals surface area contributed by atoms with Crippen molar-refractivity contribution in [1.29, 1.82) is 0 Å². The molecular weight excluding hydrogens is 238 g/mol. The van der Waals surface area contributed by atoms with Gasteiger partial charge in [-0.1, -0.05) is 20.3 Å². The highest BCUT2D eigenvalue weighted by Crippen LogP contribution is 2.35. The number of aromatic nitrogens is 2. The molecular formula is C15H27N3O. The Bertz CT molecular complexity index is 402. The molecule has 1 aromatic heterocycles. The van der Waals surface area contributed by atoms with Crippen molar-refractivity contribution in [1.82, 2.24) is 9.55 Å². The minimum Gasteiger partial charge on any atom is -0.383 e. The number of anilines is 1. The molecule has 1 aliphatic carbocycles. The lowest BCUT2D eigenvalue weighted by Gasteiger charge is -2.22. The third-order valence-corrected chi connectivity index (χ3v) is 4.50. The highest BCUT2D eigenvalue weighted by molar-refractivity contribution is 5.31. The van der Waals surface area contributed by atoms with Crippen molar-refractivity contribution in [3.63, 3.8) is 0 Å². The molecule has 2 rings (SSSR count). The number of ether oxygens (including phenoxy) is 1. The molecule has 1 heterocycles. The summed E-state index contributed by atoms with van der Waals surface area (Å²) in [7, 11) is 1.74. The van der Waals surface area contributed by atoms with E-state index in [9.17, 15) is 0 Å². The van der Waals surface area contributed by atoms with Crippen LogP contribution in [0.5, 0.6) is 0 Å². The first-order valence-electron chi connectivity index (χ1n) is 7.45. The van der Waals surface area contributed by atoms with Crippen LogP contribution in [0.1, 0.15) is 38.8 Å². The molecule has 0 bridgehead atoms. The maximum Gasteiger partial charge on any atom is 0.203 e. The van der Waals surface area contributed by atoms with Crippen LogP contribution in [-0.4, -0.2) is 29.3 Å². The van der Waals surface area contributed by atoms with Gasteiger partial charge in [0, 0.05) is 25.9 Å². The summed E-state index contributed by atoms with van der Waals surface area (Å²) >= 11 is 0. The second-order valence-corrected chi connectivity index (χ2v) is 5.75. The van der Waals surface area contributed by atoms with Gasteiger partial charge < -0.3 is 14.6 Å². The molecule has 4 nitrogen and oxygen atoms in total. The minimum absolute atomic E-state index is 0.563. The maximum atomic E-state index is 5.16. The maximum absolute atomic E-state index is 5.16. The standard InChI is InChI=1S/C15H27N3O/c1-5-13-6-7-14(12(13)3)17-15-16-11(2)10-18(15)8-9-19-4/h10,12-14H,5-9H2,1-4H3,(H,16,17). The van der Waals surface area contributed by atoms with Gasteiger partial charge in [-0.25, -0.2) is 4.98 Å². The molecule has 3 atom stereocenters. The largest absolute Gasteiger partial charge is 0.383 e. The monoisotopic (exact) mass is 265 g/mol. The molecule has 1 aromatic rings. The molecule has 3 unspecified atom stereocenters. The summed E-state index contributed by atoms with van der Waals surface area (Å²) in [4.78, 5) is 4.61. The topological polar surface area (TPSA) is 39.1 Å². The van der Waals surface area contributed by atoms with Crippen molar-refractivity contribution < 1.29 is 4.74 Å². The molecule has 19 heavy (non-hydrogen) atoms. The van der Waals surface area contributed by atoms with E-state index in [1.54, 1.807) is 7.11 Å². The van der Waals surface area contributed by atoms with Crippen LogP contribution in [0, 0.1) is 18.8 Å². The van der Waals surface area contributed by atoms with Crippen LogP contribution in [0.2, 0.25) is 0 Å². The Hall–Kier alpha value is -1.03. The number of methoxy groups -OCH3 is 1. The van der Waals surface area contributed by atoms with Gasteiger partial charge in [0.25, 0.3) is 0 Å². The van der Waals surface area contributed by atoms with Crippen LogP contribution in [0.4, 0.5) is 5.95 Å². The van der Waals surface area contributed by atoms with Gasteiger partial charge in [-0.05, 0) is 31.6 Å². The van der Waals surface area contributed by atoms with E-state index in [-0.39, 0.29) is 0 Å². The van der Waals surface area contributed by atoms with Crippen molar-refractivity contribution in [2.24, 2.45) is 11.8 Å². The Kier molecular flexibility index (Phi) is 4.86. The third kappa shape index (κ3) is 3.30. The lowest BCUT2D eigenvalue weighted by atomic mass is 9.94. The molecule has 4 heteroatoms. The molecule has 0 radical (unpaired) electrons. The van der Waals surface area contributed by atoms with E-state index >= 15 is 0 Å². The molecule has 108 valence electrons. The van der Waals surface area contributed by atoms with Crippen LogP contribution < -0.4 is 5.32 Å². The van der Waals surface area contributed by atoms with Gasteiger partial charge in [-0.3, -0.25) is 0 Å². The molecule has 0 aliphatic heterocycles. The normalized spacial score (nSPS) is 26.8. The fourth-order valence-corrected chi connectivity index (χ4v) is 3.22. The number of hydrogen-bond acceptors (Lipinski definition) is 3. The Morgan fingerprint density at radius 3 is 2.89 bits per heavy atom. The third-order valence-electron chi connectivity index (χ3n) is 4.50. The quantitative estimate of drug-likeness (QED) is 0.859. The zero-order chi connectivity index (χ0) is 13.8. The fraction of sp³-hybridized carbons (Fsp3) is 0.800. The second kappa shape index (κ2) is 6.42. The number of rotatable bonds is 6. The van der Waals surface area contributed by atoms with Gasteiger partial charge in [0.15, 0.2) is 0 Å². The van der Waals surface area contributed by atoms with Crippen molar-refractivity contribution in [3.05, 3.63) is 11.9 Å². The van der Waals surface area contributed by atoms with Gasteiger partial charge in [-0.15, -0.1) is 0 Å². The molecule has 0 amide bonds. The van der Waals surface area contributed by atoms with E-state index in [0.29, 0.717) is 6.04 Å². The van der Waals surface area contributed by atoms with Gasteiger partial charge >= 0.3 is 0 Å². The Labute approximate surface area is 116 Å². The second-order valence-electron chi connectivity index (χ2n) is 5.75. The number of hydrogen-bond donors (Lipinski definition) is 1. The average molecular weight is 265 g/mol. The Morgan fingerprint density at radius 1 is 1.47 bits per heavy atom. The summed E-state index contributed by atoms with van der Waals surface area (Å²) in [5.41, 5.74) is 1.07. The molecule has 1 saturated carbocycles. The fourth-order valence-electron chi connectivity index (χ4n) is 3.22. The highest BCUT2D eigenvalue weighted by Gasteiger charge is 2.32. The highest BCUT2D eigenvalue weighted by atomic mass is 16.5. The van der Waals surface area contributed by atoms with Crippen molar-refractivity contribution in [3.8, 4) is 0 Å². The molecule has 1 fully saturated rings. The van der Waals surface area contributed by atoms with Crippen molar-refractivity contribution >= 4 is 5.95 Å². The van der Waals surface area contributed by atoms with Gasteiger partial charge in [0.1, 0.15) is 0 Å². The summed E-state index contributed by atoms with van der Waals surface area (Å²) in [6.45, 7) is 8.29. The Balaban J connectivity index is 2.02. The van der Waals surface area contributed by atoms with Crippen LogP contribution >= 0.6 is 0 Å². The van der Waals surface area contributed by atoms with E-state index in [1.165, 1.54) is 19.3 Å². The lowest BCUT2D eigenvalue weighted by Crippen LogP contribution is -2.26. The summed E-state index contributed by atoms with van der Waals surface area (Å²) in [5.74, 6) is 2.60. The zero-order valence-electron chi connectivity index (χ0n) is 12.6. The van der Waals surface area contributed by atoms with Crippen LogP contribution in [0.15, 0.2) is 6.20 Å². The van der Waals surface area contributed by atoms with Gasteiger partial charge in [-0.2, -0.15) is 0 Å². The Morgan fingerprint density at radius 2 is 2.26 bits per heavy atom. The molecule has 1 N–H and O–H groups in total. The summed E-state index contributed by atoms with van der Waals surface area (Å²) in [5, 5.41) is 3.65. The smallest absolute Gasteiger partial charge is 0.203 e. The average Bonchev–Trinajstić information content (AvgIpc) is 2.92. The van der Waals surface area contributed by atoms with Crippen LogP contribution in [-0.2, 0) is 11.3 Å². The summed E-state index contributed by atoms with van der Waals surface area (Å²) in [6.07, 6.45) is 5.98. The first-order valence-corrected chi connectivity index (χ1v) is 7.45. The molecule has 0 spiro atoms. The minimum atomic E-state index is 0.563. The first kappa shape index (κ1) is 14.4. The zero-order valence-corrected chi connectivity index (χ0v) is 12.6. The first-order chi connectivity index (χ1) is 9.15. The van der Waals surface area contributed by atoms with Crippen molar-refractivity contribution in [2.45, 2.75) is 52.6 Å². The number of nitrogens with zero attached hydrogens (tertiary/aromatic N) is 2. The SMILES string of the molecule is CCC1CCC(Nc2nc(C)cn2CCOC)C1C. The molecule has 0 saturated heterocycles. The van der Waals surface area contributed by atoms with Crippen LogP contribution in [0.3, 0.4) is 0 Å². The lowest BCUT2D eigenvalue weighted by molar-refractivity contribution is 0.187. The van der Waals surface area contributed by atoms with E-state index < -0.39 is 0 Å². The molecule has 1 aliphatic rings. The van der Waals surface area contributed by atoms with E-state index in [0.717, 1.165) is 36.6 Å². The van der Waals surface area contributed by atoms with E-state index in [4.69, 9.17) is 4.74 Å². The number of aryl methyl sites for hydroxylation is 1. The van der Waals surface area contributed by atoms with Gasteiger partial charge in [0.2, 0.25) is 5.95 Å². The molecule has 0 aromatic carbocycles. The number of imidazole rings is 1. The van der Waals surface area contributed by atoms with E-state index in [1.807, 2.05) is 6.92 Å². The summed E-state index contributed by atoms with van der Waals surface area (Å²) < 4.78 is 7.33. The van der Waals surface area contributed by atoms with E-state index in [2.05, 4.69) is 34.9 Å². The van der Waals surface area contributed by atoms with Crippen LogP contribution in [0.25, 0.3) is 0 Å². The predicted octanol–water partition coefficient (Wildman–Crippen LogP) is 3.07. The van der Waals surface area contributed by atoms with Crippen molar-refractivity contribution in [2.75, 3.05) is 19.0 Å². The number of nitrogens with one attached hydrogen (secondary N) is 1.